The van der Waals surface area contributed by atoms with Crippen molar-refractivity contribution < 1.29 is 23.2 Å². The largest absolute Gasteiger partial charge is 0.335 e. The highest BCUT2D eigenvalue weighted by atomic mass is 19.1. The molecule has 27 heavy (non-hydrogen) atoms. The molecule has 0 atom stereocenters. The number of anilines is 1. The molecular weight excluding hydrogens is 358 g/mol. The van der Waals surface area contributed by atoms with Crippen LogP contribution in [0.4, 0.5) is 19.3 Å². The molecule has 0 aromatic heterocycles. The molecule has 0 radical (unpaired) electrons. The first-order chi connectivity index (χ1) is 12.9. The molecule has 0 aliphatic heterocycles. The first kappa shape index (κ1) is 20.8. The van der Waals surface area contributed by atoms with Crippen molar-refractivity contribution in [1.82, 2.24) is 15.5 Å². The van der Waals surface area contributed by atoms with Gasteiger partial charge >= 0.3 is 6.03 Å². The Hall–Kier alpha value is -2.55. The Kier molecular flexibility index (Phi) is 7.66. The van der Waals surface area contributed by atoms with Crippen molar-refractivity contribution in [2.45, 2.75) is 38.6 Å². The highest BCUT2D eigenvalue weighted by Gasteiger charge is 2.20. The predicted molar refractivity (Wildman–Crippen MR) is 96.0 cm³/mol. The zero-order valence-corrected chi connectivity index (χ0v) is 15.2. The normalized spacial score (nSPS) is 14.2. The van der Waals surface area contributed by atoms with E-state index in [1.165, 1.54) is 11.0 Å². The smallest absolute Gasteiger partial charge is 0.321 e. The number of likely N-dealkylation sites (N-methyl/N-ethyl adjacent to an activating group) is 1. The molecule has 1 aromatic rings. The number of urea groups is 1. The molecule has 7 nitrogen and oxygen atoms in total. The molecule has 0 bridgehead atoms. The fraction of sp³-hybridized carbons (Fsp3) is 0.500. The molecule has 0 unspecified atom stereocenters. The number of carbonyl (C=O) groups excluding carboxylic acids is 3. The van der Waals surface area contributed by atoms with E-state index in [-0.39, 0.29) is 19.1 Å². The van der Waals surface area contributed by atoms with Gasteiger partial charge in [-0.2, -0.15) is 0 Å². The number of carbonyl (C=O) groups is 3. The fourth-order valence-electron chi connectivity index (χ4n) is 2.94. The minimum Gasteiger partial charge on any atom is -0.335 e. The van der Waals surface area contributed by atoms with E-state index in [2.05, 4.69) is 16.0 Å². The summed E-state index contributed by atoms with van der Waals surface area (Å²) in [6.07, 6.45) is 3.91. The second-order valence-corrected chi connectivity index (χ2v) is 6.45. The van der Waals surface area contributed by atoms with E-state index in [9.17, 15) is 23.2 Å². The van der Waals surface area contributed by atoms with Gasteiger partial charge in [0.2, 0.25) is 11.8 Å². The van der Waals surface area contributed by atoms with Gasteiger partial charge in [0.25, 0.3) is 0 Å². The second-order valence-electron chi connectivity index (χ2n) is 6.45. The average Bonchev–Trinajstić information content (AvgIpc) is 3.10. The van der Waals surface area contributed by atoms with E-state index in [4.69, 9.17) is 0 Å². The Morgan fingerprint density at radius 1 is 1.07 bits per heavy atom. The summed E-state index contributed by atoms with van der Waals surface area (Å²) in [6, 6.07) is 2.79. The zero-order valence-electron chi connectivity index (χ0n) is 15.2. The topological polar surface area (TPSA) is 90.5 Å². The van der Waals surface area contributed by atoms with Gasteiger partial charge in [-0.1, -0.05) is 25.8 Å². The lowest BCUT2D eigenvalue weighted by atomic mass is 10.2. The van der Waals surface area contributed by atoms with Gasteiger partial charge in [0, 0.05) is 6.04 Å². The van der Waals surface area contributed by atoms with Crippen LogP contribution in [0.5, 0.6) is 0 Å². The molecule has 0 heterocycles. The number of halogens is 2. The zero-order chi connectivity index (χ0) is 19.8. The molecular formula is C18H24F2N4O3. The minimum atomic E-state index is -0.882. The van der Waals surface area contributed by atoms with Gasteiger partial charge in [0.15, 0.2) is 0 Å². The number of imide groups is 1. The number of amides is 4. The molecule has 1 aromatic carbocycles. The van der Waals surface area contributed by atoms with Gasteiger partial charge in [0.1, 0.15) is 17.3 Å². The Morgan fingerprint density at radius 2 is 1.67 bits per heavy atom. The van der Waals surface area contributed by atoms with Crippen LogP contribution in [0.2, 0.25) is 0 Å². The first-order valence-electron chi connectivity index (χ1n) is 8.95. The van der Waals surface area contributed by atoms with E-state index >= 15 is 0 Å². The summed E-state index contributed by atoms with van der Waals surface area (Å²) >= 11 is 0. The average molecular weight is 382 g/mol. The Labute approximate surface area is 156 Å². The summed E-state index contributed by atoms with van der Waals surface area (Å²) in [5.41, 5.74) is -0.529. The third-order valence-corrected chi connectivity index (χ3v) is 4.35. The van der Waals surface area contributed by atoms with Gasteiger partial charge in [0.05, 0.1) is 13.1 Å². The molecule has 4 amide bonds. The maximum atomic E-state index is 13.6. The lowest BCUT2D eigenvalue weighted by molar-refractivity contribution is -0.122. The summed E-state index contributed by atoms with van der Waals surface area (Å²) in [7, 11) is 0. The summed E-state index contributed by atoms with van der Waals surface area (Å²) in [4.78, 5) is 37.2. The van der Waals surface area contributed by atoms with Crippen LogP contribution in [0.25, 0.3) is 0 Å². The van der Waals surface area contributed by atoms with Crippen LogP contribution in [-0.4, -0.2) is 48.4 Å². The van der Waals surface area contributed by atoms with Crippen molar-refractivity contribution in [2.24, 2.45) is 0 Å². The van der Waals surface area contributed by atoms with Gasteiger partial charge in [-0.25, -0.2) is 13.6 Å². The highest BCUT2D eigenvalue weighted by Crippen LogP contribution is 2.18. The molecule has 1 fully saturated rings. The van der Waals surface area contributed by atoms with Crippen molar-refractivity contribution >= 4 is 23.5 Å². The Morgan fingerprint density at radius 3 is 2.26 bits per heavy atom. The lowest BCUT2D eigenvalue weighted by Gasteiger charge is -2.20. The van der Waals surface area contributed by atoms with Crippen LogP contribution >= 0.6 is 0 Å². The maximum Gasteiger partial charge on any atom is 0.321 e. The van der Waals surface area contributed by atoms with Crippen molar-refractivity contribution in [3.63, 3.8) is 0 Å². The van der Waals surface area contributed by atoms with E-state index in [0.717, 1.165) is 37.8 Å². The van der Waals surface area contributed by atoms with Crippen LogP contribution in [0.1, 0.15) is 32.6 Å². The third kappa shape index (κ3) is 6.59. The Bertz CT molecular complexity index is 673. The second kappa shape index (κ2) is 9.96. The van der Waals surface area contributed by atoms with Crippen molar-refractivity contribution in [2.75, 3.05) is 25.0 Å². The van der Waals surface area contributed by atoms with Gasteiger partial charge in [-0.05, 0) is 31.5 Å². The number of hydrogen-bond acceptors (Lipinski definition) is 4. The molecule has 2 rings (SSSR count). The Balaban J connectivity index is 1.80. The maximum absolute atomic E-state index is 13.6. The standard InChI is InChI=1S/C18H24F2N4O3/c1-2-24(10-15(25)22-17-13(19)8-5-9-14(17)20)11-16(26)23-18(27)21-12-6-3-4-7-12/h5,8-9,12H,2-4,6-7,10-11H2,1H3,(H,22,25)(H2,21,23,26,27). The van der Waals surface area contributed by atoms with Gasteiger partial charge in [-0.15, -0.1) is 0 Å². The van der Waals surface area contributed by atoms with E-state index in [1.807, 2.05) is 0 Å². The van der Waals surface area contributed by atoms with Crippen LogP contribution in [-0.2, 0) is 9.59 Å². The number of hydrogen-bond donors (Lipinski definition) is 3. The van der Waals surface area contributed by atoms with Crippen LogP contribution in [0, 0.1) is 11.6 Å². The quantitative estimate of drug-likeness (QED) is 0.673. The molecule has 0 saturated heterocycles. The highest BCUT2D eigenvalue weighted by molar-refractivity contribution is 5.96. The monoisotopic (exact) mass is 382 g/mol. The lowest BCUT2D eigenvalue weighted by Crippen LogP contribution is -2.48. The molecule has 9 heteroatoms. The van der Waals surface area contributed by atoms with Crippen molar-refractivity contribution in [3.8, 4) is 0 Å². The summed E-state index contributed by atoms with van der Waals surface area (Å²) in [6.45, 7) is 1.62. The molecule has 148 valence electrons. The molecule has 3 N–H and O–H groups in total. The summed E-state index contributed by atoms with van der Waals surface area (Å²) in [5.74, 6) is -2.98. The van der Waals surface area contributed by atoms with E-state index in [0.29, 0.717) is 6.54 Å². The number of rotatable bonds is 7. The SMILES string of the molecule is CCN(CC(=O)NC(=O)NC1CCCC1)CC(=O)Nc1c(F)cccc1F. The minimum absolute atomic E-state index is 0.0847. The van der Waals surface area contributed by atoms with Gasteiger partial charge in [-0.3, -0.25) is 19.8 Å². The molecule has 1 aliphatic rings. The van der Waals surface area contributed by atoms with Crippen molar-refractivity contribution in [3.05, 3.63) is 29.8 Å². The van der Waals surface area contributed by atoms with E-state index < -0.39 is 35.2 Å². The molecule has 1 saturated carbocycles. The van der Waals surface area contributed by atoms with E-state index in [1.54, 1.807) is 6.92 Å². The number of nitrogens with zero attached hydrogens (tertiary/aromatic N) is 1. The molecule has 1 aliphatic carbocycles. The van der Waals surface area contributed by atoms with Crippen molar-refractivity contribution in [1.29, 1.82) is 0 Å². The molecule has 0 spiro atoms. The van der Waals surface area contributed by atoms with Crippen LogP contribution < -0.4 is 16.0 Å². The number of benzene rings is 1. The summed E-state index contributed by atoms with van der Waals surface area (Å²) < 4.78 is 27.1. The summed E-state index contributed by atoms with van der Waals surface area (Å²) in [5, 5.41) is 7.13. The fourth-order valence-corrected chi connectivity index (χ4v) is 2.94. The number of para-hydroxylation sites is 1. The first-order valence-corrected chi connectivity index (χ1v) is 8.95. The predicted octanol–water partition coefficient (Wildman–Crippen LogP) is 1.99. The van der Waals surface area contributed by atoms with Gasteiger partial charge < -0.3 is 10.6 Å². The van der Waals surface area contributed by atoms with Crippen LogP contribution in [0.15, 0.2) is 18.2 Å². The van der Waals surface area contributed by atoms with Crippen LogP contribution in [0.3, 0.4) is 0 Å². The third-order valence-electron chi connectivity index (χ3n) is 4.35. The number of nitrogens with one attached hydrogen (secondary N) is 3.